The first-order valence-electron chi connectivity index (χ1n) is 13.7. The highest BCUT2D eigenvalue weighted by atomic mass is 16.5. The summed E-state index contributed by atoms with van der Waals surface area (Å²) >= 11 is 0. The summed E-state index contributed by atoms with van der Waals surface area (Å²) in [4.78, 5) is 9.20. The maximum atomic E-state index is 6.49. The molecule has 0 aliphatic carbocycles. The van der Waals surface area contributed by atoms with Crippen LogP contribution in [-0.2, 0) is 5.41 Å². The van der Waals surface area contributed by atoms with Crippen LogP contribution in [0.5, 0.6) is 11.5 Å². The molecule has 2 aliphatic rings. The number of pyridine rings is 1. The maximum Gasteiger partial charge on any atom is 0.137 e. The van der Waals surface area contributed by atoms with Crippen molar-refractivity contribution in [3.63, 3.8) is 0 Å². The Hall–Kier alpha value is -4.77. The molecule has 40 heavy (non-hydrogen) atoms. The van der Waals surface area contributed by atoms with Crippen LogP contribution < -0.4 is 4.74 Å². The third kappa shape index (κ3) is 4.06. The number of ether oxygens (including phenoxy) is 1. The fraction of sp³-hybridized carbons (Fsp3) is 0.171. The number of nitrogens with zero attached hydrogens (tertiary/aromatic N) is 4. The molecule has 2 aliphatic heterocycles. The van der Waals surface area contributed by atoms with Gasteiger partial charge in [0.1, 0.15) is 23.5 Å². The molecule has 5 heteroatoms. The predicted molar refractivity (Wildman–Crippen MR) is 163 cm³/mol. The number of fused-ring (bicyclic) bond motifs is 4. The molecule has 4 heterocycles. The molecule has 1 unspecified atom stereocenters. The largest absolute Gasteiger partial charge is 0.457 e. The van der Waals surface area contributed by atoms with Crippen LogP contribution in [0.15, 0.2) is 116 Å². The molecule has 0 fully saturated rings. The second-order valence-electron chi connectivity index (χ2n) is 11.5. The summed E-state index contributed by atoms with van der Waals surface area (Å²) < 4.78 is 8.72. The average Bonchev–Trinajstić information content (AvgIpc) is 3.47. The van der Waals surface area contributed by atoms with Gasteiger partial charge in [0.2, 0.25) is 0 Å². The van der Waals surface area contributed by atoms with Gasteiger partial charge < -0.3 is 14.5 Å². The first-order valence-corrected chi connectivity index (χ1v) is 13.7. The minimum absolute atomic E-state index is 0.0610. The van der Waals surface area contributed by atoms with E-state index in [9.17, 15) is 0 Å². The highest BCUT2D eigenvalue weighted by molar-refractivity contribution is 6.09. The monoisotopic (exact) mass is 524 g/mol. The molecule has 0 bridgehead atoms. The summed E-state index contributed by atoms with van der Waals surface area (Å²) in [6.07, 6.45) is 12.7. The summed E-state index contributed by atoms with van der Waals surface area (Å²) in [5.74, 6) is 2.48. The molecule has 1 atom stereocenters. The van der Waals surface area contributed by atoms with Gasteiger partial charge in [-0.15, -0.1) is 0 Å². The fourth-order valence-electron chi connectivity index (χ4n) is 5.72. The number of aromatic nitrogens is 2. The normalized spacial score (nSPS) is 16.6. The van der Waals surface area contributed by atoms with E-state index in [2.05, 4.69) is 133 Å². The number of likely N-dealkylation sites (N-methyl/N-ethyl adjacent to an activating group) is 1. The number of hydrogen-bond acceptors (Lipinski definition) is 4. The van der Waals surface area contributed by atoms with Crippen LogP contribution in [0.2, 0.25) is 0 Å². The van der Waals surface area contributed by atoms with Crippen molar-refractivity contribution in [3.05, 3.63) is 127 Å². The Morgan fingerprint density at radius 3 is 2.50 bits per heavy atom. The minimum atomic E-state index is 0.0610. The highest BCUT2D eigenvalue weighted by Gasteiger charge is 2.28. The number of rotatable bonds is 4. The average molecular weight is 525 g/mol. The zero-order valence-corrected chi connectivity index (χ0v) is 23.2. The van der Waals surface area contributed by atoms with Gasteiger partial charge >= 0.3 is 0 Å². The molecule has 0 amide bonds. The van der Waals surface area contributed by atoms with Crippen molar-refractivity contribution >= 4 is 27.5 Å². The molecule has 7 rings (SSSR count). The molecule has 0 saturated carbocycles. The first-order chi connectivity index (χ1) is 19.4. The summed E-state index contributed by atoms with van der Waals surface area (Å²) in [6.45, 7) is 6.76. The second kappa shape index (κ2) is 9.16. The van der Waals surface area contributed by atoms with E-state index in [1.54, 1.807) is 0 Å². The summed E-state index contributed by atoms with van der Waals surface area (Å²) in [6, 6.07) is 27.5. The molecule has 5 nitrogen and oxygen atoms in total. The van der Waals surface area contributed by atoms with Crippen molar-refractivity contribution in [1.29, 1.82) is 0 Å². The van der Waals surface area contributed by atoms with E-state index in [0.29, 0.717) is 0 Å². The Bertz CT molecular complexity index is 1840. The Morgan fingerprint density at radius 1 is 0.800 bits per heavy atom. The van der Waals surface area contributed by atoms with E-state index >= 15 is 0 Å². The highest BCUT2D eigenvalue weighted by Crippen LogP contribution is 2.38. The van der Waals surface area contributed by atoms with Gasteiger partial charge in [-0.25, -0.2) is 4.98 Å². The minimum Gasteiger partial charge on any atom is -0.457 e. The van der Waals surface area contributed by atoms with Crippen LogP contribution in [0.1, 0.15) is 31.9 Å². The molecule has 2 aromatic heterocycles. The number of allylic oxidation sites excluding steroid dienone is 2. The van der Waals surface area contributed by atoms with Gasteiger partial charge in [-0.2, -0.15) is 0 Å². The van der Waals surface area contributed by atoms with E-state index in [1.165, 1.54) is 16.3 Å². The third-order valence-electron chi connectivity index (χ3n) is 7.80. The van der Waals surface area contributed by atoms with Gasteiger partial charge in [0.25, 0.3) is 0 Å². The summed E-state index contributed by atoms with van der Waals surface area (Å²) in [5.41, 5.74) is 5.85. The van der Waals surface area contributed by atoms with Gasteiger partial charge in [0, 0.05) is 48.0 Å². The van der Waals surface area contributed by atoms with Crippen molar-refractivity contribution in [3.8, 4) is 17.3 Å². The quantitative estimate of drug-likeness (QED) is 0.237. The lowest BCUT2D eigenvalue weighted by Crippen LogP contribution is -2.33. The van der Waals surface area contributed by atoms with Gasteiger partial charge in [-0.1, -0.05) is 51.1 Å². The summed E-state index contributed by atoms with van der Waals surface area (Å²) in [7, 11) is 2.11. The second-order valence-corrected chi connectivity index (χ2v) is 11.5. The molecule has 5 aromatic rings. The molecular formula is C35H32N4O. The fourth-order valence-corrected chi connectivity index (χ4v) is 5.72. The zero-order chi connectivity index (χ0) is 27.4. The molecule has 0 radical (unpaired) electrons. The number of benzene rings is 3. The Balaban J connectivity index is 1.30. The molecule has 0 spiro atoms. The zero-order valence-electron chi connectivity index (χ0n) is 23.2. The van der Waals surface area contributed by atoms with Crippen LogP contribution in [0.25, 0.3) is 33.3 Å². The van der Waals surface area contributed by atoms with E-state index < -0.39 is 0 Å². The van der Waals surface area contributed by atoms with Crippen molar-refractivity contribution in [2.75, 3.05) is 7.05 Å². The topological polar surface area (TPSA) is 33.5 Å². The van der Waals surface area contributed by atoms with Crippen molar-refractivity contribution in [2.24, 2.45) is 0 Å². The molecule has 198 valence electrons. The van der Waals surface area contributed by atoms with Crippen molar-refractivity contribution < 1.29 is 4.74 Å². The van der Waals surface area contributed by atoms with Crippen LogP contribution >= 0.6 is 0 Å². The van der Waals surface area contributed by atoms with Crippen LogP contribution in [0, 0.1) is 0 Å². The third-order valence-corrected chi connectivity index (χ3v) is 7.80. The van der Waals surface area contributed by atoms with Crippen LogP contribution in [0.4, 0.5) is 0 Å². The Kier molecular flexibility index (Phi) is 5.56. The van der Waals surface area contributed by atoms with Gasteiger partial charge in [0.15, 0.2) is 0 Å². The van der Waals surface area contributed by atoms with E-state index in [4.69, 9.17) is 9.72 Å². The molecule has 3 aromatic carbocycles. The maximum absolute atomic E-state index is 6.49. The van der Waals surface area contributed by atoms with Gasteiger partial charge in [-0.3, -0.25) is 4.57 Å². The SMILES string of the molecule is CN1C=C(c2cccc(Oc3ccc4c5cc(C(C)(C)C)ccc5n(-c5ccccn5)c4c3)c2)N2C=CC=CC12. The van der Waals surface area contributed by atoms with E-state index in [1.807, 2.05) is 24.4 Å². The van der Waals surface area contributed by atoms with Gasteiger partial charge in [0.05, 0.1) is 16.7 Å². The predicted octanol–water partition coefficient (Wildman–Crippen LogP) is 8.22. The Labute approximate surface area is 234 Å². The van der Waals surface area contributed by atoms with Crippen molar-refractivity contribution in [1.82, 2.24) is 19.4 Å². The summed E-state index contributed by atoms with van der Waals surface area (Å²) in [5, 5.41) is 2.40. The molecule has 0 N–H and O–H groups in total. The van der Waals surface area contributed by atoms with Crippen LogP contribution in [0.3, 0.4) is 0 Å². The Morgan fingerprint density at radius 2 is 1.68 bits per heavy atom. The van der Waals surface area contributed by atoms with Crippen molar-refractivity contribution in [2.45, 2.75) is 32.4 Å². The van der Waals surface area contributed by atoms with Crippen LogP contribution in [-0.4, -0.2) is 32.6 Å². The first kappa shape index (κ1) is 24.3. The number of hydrogen-bond donors (Lipinski definition) is 0. The van der Waals surface area contributed by atoms with E-state index in [-0.39, 0.29) is 11.6 Å². The smallest absolute Gasteiger partial charge is 0.137 e. The van der Waals surface area contributed by atoms with Gasteiger partial charge in [-0.05, 0) is 71.7 Å². The lowest BCUT2D eigenvalue weighted by atomic mass is 9.86. The van der Waals surface area contributed by atoms with E-state index in [0.717, 1.165) is 39.6 Å². The molecular weight excluding hydrogens is 492 g/mol. The molecule has 0 saturated heterocycles. The lowest BCUT2D eigenvalue weighted by molar-refractivity contribution is 0.282. The standard InChI is InChI=1S/C35H32N4O/c1-35(2,3)25-14-17-30-29(21-25)28-16-15-27(22-31(28)39(30)33-12-5-7-18-36-33)40-26-11-9-10-24(20-26)32-23-37(4)34-13-6-8-19-38(32)34/h5-23,34H,1-4H3. The lowest BCUT2D eigenvalue weighted by Gasteiger charge is -2.29.